The second-order valence-corrected chi connectivity index (χ2v) is 3.15. The fourth-order valence-electron chi connectivity index (χ4n) is 1.12. The largest absolute Gasteiger partial charge is 0.471 e. The summed E-state index contributed by atoms with van der Waals surface area (Å²) in [4.78, 5) is 10.5. The first-order valence-electron chi connectivity index (χ1n) is 4.03. The standard InChI is InChI=1S/C7H11F3N2O/c8-7(9,10)6(13)12-5(3-11)4-1-2-4/h4-5H,1-3,11H2,(H,12,13). The Balaban J connectivity index is 2.41. The minimum Gasteiger partial charge on any atom is -0.344 e. The third kappa shape index (κ3) is 2.87. The molecule has 6 heteroatoms. The number of carbonyl (C=O) groups excluding carboxylic acids is 1. The average molecular weight is 196 g/mol. The van der Waals surface area contributed by atoms with Gasteiger partial charge in [0, 0.05) is 12.6 Å². The van der Waals surface area contributed by atoms with Crippen LogP contribution in [-0.4, -0.2) is 24.7 Å². The molecule has 0 spiro atoms. The minimum absolute atomic E-state index is 0.0620. The Morgan fingerprint density at radius 3 is 2.38 bits per heavy atom. The summed E-state index contributed by atoms with van der Waals surface area (Å²) >= 11 is 0. The number of amides is 1. The predicted octanol–water partition coefficient (Wildman–Crippen LogP) is 0.402. The molecule has 0 heterocycles. The summed E-state index contributed by atoms with van der Waals surface area (Å²) < 4.78 is 35.3. The van der Waals surface area contributed by atoms with E-state index in [1.54, 1.807) is 0 Å². The van der Waals surface area contributed by atoms with Crippen molar-refractivity contribution in [2.75, 3.05) is 6.54 Å². The molecule has 0 aromatic carbocycles. The zero-order chi connectivity index (χ0) is 10.1. The summed E-state index contributed by atoms with van der Waals surface area (Å²) in [7, 11) is 0. The lowest BCUT2D eigenvalue weighted by Gasteiger charge is -2.16. The Hall–Kier alpha value is -0.780. The van der Waals surface area contributed by atoms with Crippen molar-refractivity contribution >= 4 is 5.91 Å². The van der Waals surface area contributed by atoms with Crippen LogP contribution < -0.4 is 11.1 Å². The highest BCUT2D eigenvalue weighted by Crippen LogP contribution is 2.32. The van der Waals surface area contributed by atoms with Gasteiger partial charge in [-0.15, -0.1) is 0 Å². The second-order valence-electron chi connectivity index (χ2n) is 3.15. The molecular weight excluding hydrogens is 185 g/mol. The van der Waals surface area contributed by atoms with Crippen LogP contribution in [0.3, 0.4) is 0 Å². The average Bonchev–Trinajstić information content (AvgIpc) is 2.80. The molecule has 1 unspecified atom stereocenters. The number of alkyl halides is 3. The third-order valence-electron chi connectivity index (χ3n) is 2.02. The van der Waals surface area contributed by atoms with Gasteiger partial charge in [0.1, 0.15) is 0 Å². The van der Waals surface area contributed by atoms with Crippen LogP contribution in [0.25, 0.3) is 0 Å². The Morgan fingerprint density at radius 2 is 2.08 bits per heavy atom. The predicted molar refractivity (Wildman–Crippen MR) is 39.8 cm³/mol. The summed E-state index contributed by atoms with van der Waals surface area (Å²) in [5.74, 6) is -1.76. The minimum atomic E-state index is -4.80. The SMILES string of the molecule is NCC(NC(=O)C(F)(F)F)C1CC1. The summed E-state index contributed by atoms with van der Waals surface area (Å²) in [6, 6.07) is -0.519. The quantitative estimate of drug-likeness (QED) is 0.686. The van der Waals surface area contributed by atoms with Crippen molar-refractivity contribution in [3.8, 4) is 0 Å². The molecule has 1 aliphatic rings. The molecule has 1 atom stereocenters. The van der Waals surface area contributed by atoms with Gasteiger partial charge in [0.2, 0.25) is 0 Å². The number of rotatable bonds is 3. The summed E-state index contributed by atoms with van der Waals surface area (Å²) in [5.41, 5.74) is 5.22. The highest BCUT2D eigenvalue weighted by atomic mass is 19.4. The first-order chi connectivity index (χ1) is 5.95. The van der Waals surface area contributed by atoms with Gasteiger partial charge in [-0.3, -0.25) is 4.79 Å². The molecule has 3 N–H and O–H groups in total. The molecular formula is C7H11F3N2O. The molecule has 3 nitrogen and oxygen atoms in total. The van der Waals surface area contributed by atoms with Crippen LogP contribution in [0.5, 0.6) is 0 Å². The fraction of sp³-hybridized carbons (Fsp3) is 0.857. The second kappa shape index (κ2) is 3.53. The first-order valence-corrected chi connectivity index (χ1v) is 4.03. The molecule has 1 saturated carbocycles. The van der Waals surface area contributed by atoms with Gasteiger partial charge in [-0.2, -0.15) is 13.2 Å². The van der Waals surface area contributed by atoms with E-state index in [0.717, 1.165) is 12.8 Å². The van der Waals surface area contributed by atoms with Crippen LogP contribution in [0.15, 0.2) is 0 Å². The van der Waals surface area contributed by atoms with Crippen LogP contribution in [-0.2, 0) is 4.79 Å². The molecule has 1 aliphatic carbocycles. The molecule has 0 saturated heterocycles. The van der Waals surface area contributed by atoms with Crippen molar-refractivity contribution in [2.24, 2.45) is 11.7 Å². The van der Waals surface area contributed by atoms with E-state index in [-0.39, 0.29) is 12.5 Å². The van der Waals surface area contributed by atoms with Crippen molar-refractivity contribution in [3.05, 3.63) is 0 Å². The van der Waals surface area contributed by atoms with Crippen molar-refractivity contribution in [3.63, 3.8) is 0 Å². The summed E-state index contributed by atoms with van der Waals surface area (Å²) in [5, 5.41) is 1.88. The Morgan fingerprint density at radius 1 is 1.54 bits per heavy atom. The van der Waals surface area contributed by atoms with Gasteiger partial charge >= 0.3 is 12.1 Å². The normalized spacial score (nSPS) is 19.7. The smallest absolute Gasteiger partial charge is 0.344 e. The number of halogens is 3. The molecule has 1 fully saturated rings. The molecule has 13 heavy (non-hydrogen) atoms. The maximum atomic E-state index is 11.8. The van der Waals surface area contributed by atoms with Gasteiger partial charge in [0.15, 0.2) is 0 Å². The van der Waals surface area contributed by atoms with E-state index in [1.165, 1.54) is 0 Å². The first kappa shape index (κ1) is 10.3. The maximum Gasteiger partial charge on any atom is 0.471 e. The van der Waals surface area contributed by atoms with E-state index in [2.05, 4.69) is 0 Å². The van der Waals surface area contributed by atoms with E-state index in [4.69, 9.17) is 5.73 Å². The van der Waals surface area contributed by atoms with E-state index in [0.29, 0.717) is 0 Å². The van der Waals surface area contributed by atoms with Crippen LogP contribution in [0, 0.1) is 5.92 Å². The maximum absolute atomic E-state index is 11.8. The van der Waals surface area contributed by atoms with E-state index in [9.17, 15) is 18.0 Å². The zero-order valence-electron chi connectivity index (χ0n) is 6.90. The monoisotopic (exact) mass is 196 g/mol. The van der Waals surface area contributed by atoms with Gasteiger partial charge in [-0.05, 0) is 18.8 Å². The third-order valence-corrected chi connectivity index (χ3v) is 2.02. The summed E-state index contributed by atoms with van der Waals surface area (Å²) in [6.07, 6.45) is -3.11. The van der Waals surface area contributed by atoms with Crippen LogP contribution in [0.4, 0.5) is 13.2 Å². The molecule has 76 valence electrons. The number of carbonyl (C=O) groups is 1. The Labute approximate surface area is 73.5 Å². The number of nitrogens with two attached hydrogens (primary N) is 1. The lowest BCUT2D eigenvalue weighted by atomic mass is 10.2. The van der Waals surface area contributed by atoms with E-state index in [1.807, 2.05) is 5.32 Å². The lowest BCUT2D eigenvalue weighted by molar-refractivity contribution is -0.174. The van der Waals surface area contributed by atoms with E-state index >= 15 is 0 Å². The summed E-state index contributed by atoms with van der Waals surface area (Å²) in [6.45, 7) is 0.0620. The van der Waals surface area contributed by atoms with Gasteiger partial charge in [0.25, 0.3) is 0 Å². The molecule has 0 aromatic heterocycles. The van der Waals surface area contributed by atoms with Gasteiger partial charge in [-0.1, -0.05) is 0 Å². The number of nitrogens with one attached hydrogen (secondary N) is 1. The van der Waals surface area contributed by atoms with Crippen molar-refractivity contribution in [2.45, 2.75) is 25.1 Å². The van der Waals surface area contributed by atoms with Crippen LogP contribution in [0.1, 0.15) is 12.8 Å². The Bertz CT molecular complexity index is 200. The van der Waals surface area contributed by atoms with E-state index < -0.39 is 18.1 Å². The van der Waals surface area contributed by atoms with Gasteiger partial charge in [0.05, 0.1) is 0 Å². The molecule has 0 bridgehead atoms. The zero-order valence-corrected chi connectivity index (χ0v) is 6.90. The molecule has 0 aliphatic heterocycles. The topological polar surface area (TPSA) is 55.1 Å². The number of hydrogen-bond donors (Lipinski definition) is 2. The van der Waals surface area contributed by atoms with Gasteiger partial charge < -0.3 is 11.1 Å². The van der Waals surface area contributed by atoms with Crippen molar-refractivity contribution < 1.29 is 18.0 Å². The van der Waals surface area contributed by atoms with Crippen LogP contribution >= 0.6 is 0 Å². The number of hydrogen-bond acceptors (Lipinski definition) is 2. The van der Waals surface area contributed by atoms with Gasteiger partial charge in [-0.25, -0.2) is 0 Å². The fourth-order valence-corrected chi connectivity index (χ4v) is 1.12. The van der Waals surface area contributed by atoms with Crippen molar-refractivity contribution in [1.82, 2.24) is 5.32 Å². The molecule has 0 aromatic rings. The molecule has 1 rings (SSSR count). The Kier molecular flexibility index (Phi) is 2.80. The molecule has 0 radical (unpaired) electrons. The highest BCUT2D eigenvalue weighted by molar-refractivity contribution is 5.82. The van der Waals surface area contributed by atoms with Crippen molar-refractivity contribution in [1.29, 1.82) is 0 Å². The van der Waals surface area contributed by atoms with Crippen LogP contribution in [0.2, 0.25) is 0 Å². The molecule has 1 amide bonds. The lowest BCUT2D eigenvalue weighted by Crippen LogP contribution is -2.47. The highest BCUT2D eigenvalue weighted by Gasteiger charge is 2.42.